The Morgan fingerprint density at radius 3 is 2.83 bits per heavy atom. The molecule has 0 fully saturated rings. The van der Waals surface area contributed by atoms with E-state index in [1.165, 1.54) is 41.0 Å². The molecule has 0 radical (unpaired) electrons. The normalized spacial score (nSPS) is 15.9. The Balaban J connectivity index is 1.36. The van der Waals surface area contributed by atoms with E-state index in [1.54, 1.807) is 12.1 Å². The molecule has 1 aliphatic rings. The first-order chi connectivity index (χ1) is 14.1. The highest BCUT2D eigenvalue weighted by molar-refractivity contribution is 7.13. The van der Waals surface area contributed by atoms with Crippen LogP contribution in [0.25, 0.3) is 0 Å². The molecular formula is C22H23FN4OS. The second-order valence-corrected chi connectivity index (χ2v) is 8.39. The first kappa shape index (κ1) is 19.7. The molecule has 150 valence electrons. The number of hydrogen-bond acceptors (Lipinski definition) is 5. The molecule has 0 aliphatic heterocycles. The van der Waals surface area contributed by atoms with Crippen molar-refractivity contribution < 1.29 is 9.18 Å². The lowest BCUT2D eigenvalue weighted by molar-refractivity contribution is 0.0950. The van der Waals surface area contributed by atoms with E-state index in [2.05, 4.69) is 51.7 Å². The molecule has 1 N–H and O–H groups in total. The minimum Gasteiger partial charge on any atom is -0.346 e. The molecule has 7 heteroatoms. The van der Waals surface area contributed by atoms with Gasteiger partial charge in [-0.05, 0) is 55.1 Å². The summed E-state index contributed by atoms with van der Waals surface area (Å²) in [6, 6.07) is 15.0. The van der Waals surface area contributed by atoms with E-state index in [4.69, 9.17) is 0 Å². The van der Waals surface area contributed by atoms with E-state index in [9.17, 15) is 9.18 Å². The molecule has 0 spiro atoms. The quantitative estimate of drug-likeness (QED) is 0.664. The SMILES string of the molecule is CN(Cc1nnc(C(=O)NCc2ccc(F)cc2)s1)C1CCCc2ccccc21. The van der Waals surface area contributed by atoms with Crippen molar-refractivity contribution in [2.24, 2.45) is 0 Å². The van der Waals surface area contributed by atoms with Crippen LogP contribution in [0.5, 0.6) is 0 Å². The van der Waals surface area contributed by atoms with E-state index in [0.29, 0.717) is 24.1 Å². The lowest BCUT2D eigenvalue weighted by Crippen LogP contribution is -2.27. The fourth-order valence-electron chi connectivity index (χ4n) is 3.78. The average molecular weight is 411 g/mol. The second kappa shape index (κ2) is 8.80. The highest BCUT2D eigenvalue weighted by Gasteiger charge is 2.24. The Hall–Kier alpha value is -2.64. The average Bonchev–Trinajstić information content (AvgIpc) is 3.21. The maximum Gasteiger partial charge on any atom is 0.282 e. The largest absolute Gasteiger partial charge is 0.346 e. The molecule has 4 rings (SSSR count). The van der Waals surface area contributed by atoms with Crippen molar-refractivity contribution in [2.45, 2.75) is 38.4 Å². The predicted octanol–water partition coefficient (Wildman–Crippen LogP) is 4.12. The van der Waals surface area contributed by atoms with Crippen molar-refractivity contribution in [3.63, 3.8) is 0 Å². The van der Waals surface area contributed by atoms with Crippen LogP contribution in [0.15, 0.2) is 48.5 Å². The van der Waals surface area contributed by atoms with Gasteiger partial charge in [0.05, 0.1) is 6.54 Å². The summed E-state index contributed by atoms with van der Waals surface area (Å²) in [5.41, 5.74) is 3.65. The van der Waals surface area contributed by atoms with Crippen molar-refractivity contribution in [1.29, 1.82) is 0 Å². The number of nitrogens with one attached hydrogen (secondary N) is 1. The highest BCUT2D eigenvalue weighted by atomic mass is 32.1. The van der Waals surface area contributed by atoms with Gasteiger partial charge in [0.1, 0.15) is 10.8 Å². The molecule has 0 saturated carbocycles. The van der Waals surface area contributed by atoms with Crippen LogP contribution < -0.4 is 5.32 Å². The summed E-state index contributed by atoms with van der Waals surface area (Å²) in [5.74, 6) is -0.553. The van der Waals surface area contributed by atoms with Crippen molar-refractivity contribution >= 4 is 17.2 Å². The number of carbonyl (C=O) groups excluding carboxylic acids is 1. The van der Waals surface area contributed by atoms with Gasteiger partial charge < -0.3 is 5.32 Å². The second-order valence-electron chi connectivity index (χ2n) is 7.33. The molecule has 1 unspecified atom stereocenters. The number of aromatic nitrogens is 2. The van der Waals surface area contributed by atoms with Gasteiger partial charge in [-0.3, -0.25) is 9.69 Å². The molecule has 3 aromatic rings. The van der Waals surface area contributed by atoms with Crippen molar-refractivity contribution in [1.82, 2.24) is 20.4 Å². The summed E-state index contributed by atoms with van der Waals surface area (Å²) < 4.78 is 13.0. The third kappa shape index (κ3) is 4.68. The zero-order valence-corrected chi connectivity index (χ0v) is 17.1. The zero-order chi connectivity index (χ0) is 20.2. The molecule has 0 bridgehead atoms. The first-order valence-corrected chi connectivity index (χ1v) is 10.5. The number of halogens is 1. The van der Waals surface area contributed by atoms with E-state index in [0.717, 1.165) is 23.4 Å². The molecule has 1 aliphatic carbocycles. The van der Waals surface area contributed by atoms with Crippen LogP contribution in [0, 0.1) is 5.82 Å². The summed E-state index contributed by atoms with van der Waals surface area (Å²) in [4.78, 5) is 14.6. The van der Waals surface area contributed by atoms with Gasteiger partial charge in [0.15, 0.2) is 0 Å². The number of nitrogens with zero attached hydrogens (tertiary/aromatic N) is 3. The number of fused-ring (bicyclic) bond motifs is 1. The summed E-state index contributed by atoms with van der Waals surface area (Å²) in [6.45, 7) is 0.981. The van der Waals surface area contributed by atoms with E-state index < -0.39 is 0 Å². The van der Waals surface area contributed by atoms with Crippen LogP contribution in [0.2, 0.25) is 0 Å². The number of rotatable bonds is 6. The summed E-state index contributed by atoms with van der Waals surface area (Å²) in [7, 11) is 2.10. The predicted molar refractivity (Wildman–Crippen MR) is 111 cm³/mol. The molecular weight excluding hydrogens is 387 g/mol. The highest BCUT2D eigenvalue weighted by Crippen LogP contribution is 2.34. The van der Waals surface area contributed by atoms with E-state index in [1.807, 2.05) is 0 Å². The number of aryl methyl sites for hydroxylation is 1. The molecule has 5 nitrogen and oxygen atoms in total. The zero-order valence-electron chi connectivity index (χ0n) is 16.3. The van der Waals surface area contributed by atoms with Gasteiger partial charge in [0, 0.05) is 12.6 Å². The van der Waals surface area contributed by atoms with Gasteiger partial charge in [-0.2, -0.15) is 0 Å². The van der Waals surface area contributed by atoms with Crippen LogP contribution in [0.3, 0.4) is 0 Å². The Morgan fingerprint density at radius 1 is 1.21 bits per heavy atom. The maximum atomic E-state index is 13.0. The number of carbonyl (C=O) groups is 1. The number of amides is 1. The van der Waals surface area contributed by atoms with E-state index >= 15 is 0 Å². The van der Waals surface area contributed by atoms with Crippen molar-refractivity contribution in [2.75, 3.05) is 7.05 Å². The van der Waals surface area contributed by atoms with Gasteiger partial charge in [0.2, 0.25) is 5.01 Å². The lowest BCUT2D eigenvalue weighted by Gasteiger charge is -2.32. The molecule has 1 atom stereocenters. The summed E-state index contributed by atoms with van der Waals surface area (Å²) in [6.07, 6.45) is 3.44. The minimum absolute atomic E-state index is 0.260. The number of hydrogen-bond donors (Lipinski definition) is 1. The molecule has 0 saturated heterocycles. The van der Waals surface area contributed by atoms with Crippen LogP contribution in [-0.4, -0.2) is 28.1 Å². The molecule has 2 aromatic carbocycles. The Morgan fingerprint density at radius 2 is 2.00 bits per heavy atom. The van der Waals surface area contributed by atoms with Crippen LogP contribution in [0.1, 0.15) is 50.4 Å². The topological polar surface area (TPSA) is 58.1 Å². The van der Waals surface area contributed by atoms with Crippen LogP contribution in [-0.2, 0) is 19.5 Å². The third-order valence-electron chi connectivity index (χ3n) is 5.28. The molecule has 29 heavy (non-hydrogen) atoms. The Labute approximate surface area is 173 Å². The smallest absolute Gasteiger partial charge is 0.282 e. The first-order valence-electron chi connectivity index (χ1n) is 9.73. The van der Waals surface area contributed by atoms with Gasteiger partial charge >= 0.3 is 0 Å². The minimum atomic E-state index is -0.293. The molecule has 1 heterocycles. The molecule has 1 amide bonds. The number of benzene rings is 2. The van der Waals surface area contributed by atoms with Gasteiger partial charge in [-0.25, -0.2) is 4.39 Å². The fraction of sp³-hybridized carbons (Fsp3) is 0.318. The Kier molecular flexibility index (Phi) is 5.97. The van der Waals surface area contributed by atoms with Gasteiger partial charge in [-0.15, -0.1) is 10.2 Å². The molecule has 1 aromatic heterocycles. The lowest BCUT2D eigenvalue weighted by atomic mass is 9.87. The Bertz CT molecular complexity index is 988. The van der Waals surface area contributed by atoms with Crippen molar-refractivity contribution in [3.8, 4) is 0 Å². The standard InChI is InChI=1S/C22H23FN4OS/c1-27(19-8-4-6-16-5-2-3-7-18(16)19)14-20-25-26-22(29-20)21(28)24-13-15-9-11-17(23)12-10-15/h2-3,5,7,9-12,19H,4,6,8,13-14H2,1H3,(H,24,28). The van der Waals surface area contributed by atoms with Crippen LogP contribution >= 0.6 is 11.3 Å². The fourth-order valence-corrected chi connectivity index (χ4v) is 4.60. The maximum absolute atomic E-state index is 13.0. The van der Waals surface area contributed by atoms with Gasteiger partial charge in [0.25, 0.3) is 5.91 Å². The monoisotopic (exact) mass is 410 g/mol. The van der Waals surface area contributed by atoms with Crippen LogP contribution in [0.4, 0.5) is 4.39 Å². The third-order valence-corrected chi connectivity index (χ3v) is 6.19. The van der Waals surface area contributed by atoms with Crippen molar-refractivity contribution in [3.05, 3.63) is 81.1 Å². The summed E-state index contributed by atoms with van der Waals surface area (Å²) >= 11 is 1.32. The van der Waals surface area contributed by atoms with Gasteiger partial charge in [-0.1, -0.05) is 47.7 Å². The summed E-state index contributed by atoms with van der Waals surface area (Å²) in [5, 5.41) is 12.2. The van der Waals surface area contributed by atoms with E-state index in [-0.39, 0.29) is 11.7 Å².